The van der Waals surface area contributed by atoms with Crippen LogP contribution in [0.4, 0.5) is 0 Å². The summed E-state index contributed by atoms with van der Waals surface area (Å²) in [5.41, 5.74) is -0.00807. The van der Waals surface area contributed by atoms with Crippen molar-refractivity contribution in [2.24, 2.45) is 0 Å². The maximum absolute atomic E-state index is 9.10. The Balaban J connectivity index is 2.36. The van der Waals surface area contributed by atoms with Gasteiger partial charge in [-0.05, 0) is 46.6 Å². The number of methoxy groups -OCH3 is 1. The van der Waals surface area contributed by atoms with Gasteiger partial charge < -0.3 is 9.64 Å². The predicted molar refractivity (Wildman–Crippen MR) is 73.4 cm³/mol. The fraction of sp³-hybridized carbons (Fsp3) is 0.929. The van der Waals surface area contributed by atoms with Gasteiger partial charge in [-0.2, -0.15) is 5.26 Å². The monoisotopic (exact) mass is 253 g/mol. The van der Waals surface area contributed by atoms with E-state index in [0.717, 1.165) is 32.5 Å². The van der Waals surface area contributed by atoms with Crippen LogP contribution in [0.15, 0.2) is 0 Å². The summed E-state index contributed by atoms with van der Waals surface area (Å²) in [5.74, 6) is 0. The molecule has 1 N–H and O–H groups in total. The molecular formula is C14H27N3O. The minimum atomic E-state index is -0.0410. The Hall–Kier alpha value is -0.630. The van der Waals surface area contributed by atoms with Crippen LogP contribution in [-0.2, 0) is 4.74 Å². The average Bonchev–Trinajstić information content (AvgIpc) is 2.34. The molecule has 4 heteroatoms. The topological polar surface area (TPSA) is 48.3 Å². The minimum absolute atomic E-state index is 0.00807. The Morgan fingerprint density at radius 3 is 2.78 bits per heavy atom. The van der Waals surface area contributed by atoms with E-state index in [2.05, 4.69) is 37.1 Å². The SMILES string of the molecule is COC1(C)CCCN(CCC(C#N)NC(C)C)C1. The Morgan fingerprint density at radius 2 is 2.22 bits per heavy atom. The maximum Gasteiger partial charge on any atom is 0.0967 e. The van der Waals surface area contributed by atoms with Crippen LogP contribution in [0.2, 0.25) is 0 Å². The van der Waals surface area contributed by atoms with Crippen LogP contribution in [0.5, 0.6) is 0 Å². The van der Waals surface area contributed by atoms with Crippen molar-refractivity contribution in [3.05, 3.63) is 0 Å². The van der Waals surface area contributed by atoms with Crippen LogP contribution in [0, 0.1) is 11.3 Å². The number of rotatable bonds is 6. The number of nitrogens with zero attached hydrogens (tertiary/aromatic N) is 2. The third-order valence-corrected chi connectivity index (χ3v) is 3.66. The highest BCUT2D eigenvalue weighted by molar-refractivity contribution is 4.92. The molecular weight excluding hydrogens is 226 g/mol. The van der Waals surface area contributed by atoms with Gasteiger partial charge in [0.25, 0.3) is 0 Å². The van der Waals surface area contributed by atoms with Gasteiger partial charge >= 0.3 is 0 Å². The molecule has 0 aromatic carbocycles. The average molecular weight is 253 g/mol. The molecule has 2 atom stereocenters. The van der Waals surface area contributed by atoms with Crippen LogP contribution < -0.4 is 5.32 Å². The van der Waals surface area contributed by atoms with Crippen molar-refractivity contribution in [1.29, 1.82) is 5.26 Å². The highest BCUT2D eigenvalue weighted by atomic mass is 16.5. The van der Waals surface area contributed by atoms with Gasteiger partial charge in [0.1, 0.15) is 0 Å². The summed E-state index contributed by atoms with van der Waals surface area (Å²) in [6.45, 7) is 9.40. The fourth-order valence-electron chi connectivity index (χ4n) is 2.56. The van der Waals surface area contributed by atoms with Gasteiger partial charge in [-0.15, -0.1) is 0 Å². The zero-order chi connectivity index (χ0) is 13.6. The predicted octanol–water partition coefficient (Wildman–Crippen LogP) is 1.77. The number of ether oxygens (including phenoxy) is 1. The summed E-state index contributed by atoms with van der Waals surface area (Å²) in [6.07, 6.45) is 3.19. The second-order valence-electron chi connectivity index (χ2n) is 5.83. The number of nitrogens with one attached hydrogen (secondary N) is 1. The molecule has 1 aliphatic rings. The highest BCUT2D eigenvalue weighted by Crippen LogP contribution is 2.23. The first-order valence-corrected chi connectivity index (χ1v) is 6.92. The van der Waals surface area contributed by atoms with E-state index in [4.69, 9.17) is 10.00 Å². The van der Waals surface area contributed by atoms with Gasteiger partial charge in [0.15, 0.2) is 0 Å². The van der Waals surface area contributed by atoms with Crippen molar-refractivity contribution in [3.8, 4) is 6.07 Å². The lowest BCUT2D eigenvalue weighted by molar-refractivity contribution is -0.0509. The second kappa shape index (κ2) is 7.08. The molecule has 0 aromatic rings. The molecule has 104 valence electrons. The molecule has 1 heterocycles. The summed E-state index contributed by atoms with van der Waals surface area (Å²) in [7, 11) is 1.79. The molecule has 1 rings (SSSR count). The van der Waals surface area contributed by atoms with E-state index >= 15 is 0 Å². The van der Waals surface area contributed by atoms with Crippen molar-refractivity contribution in [3.63, 3.8) is 0 Å². The summed E-state index contributed by atoms with van der Waals surface area (Å²) >= 11 is 0. The van der Waals surface area contributed by atoms with Crippen molar-refractivity contribution >= 4 is 0 Å². The van der Waals surface area contributed by atoms with E-state index in [1.165, 1.54) is 6.42 Å². The highest BCUT2D eigenvalue weighted by Gasteiger charge is 2.30. The van der Waals surface area contributed by atoms with Crippen LogP contribution in [-0.4, -0.2) is 49.3 Å². The molecule has 0 radical (unpaired) electrons. The molecule has 2 unspecified atom stereocenters. The Bertz CT molecular complexity index is 287. The Morgan fingerprint density at radius 1 is 1.50 bits per heavy atom. The molecule has 1 fully saturated rings. The molecule has 1 saturated heterocycles. The van der Waals surface area contributed by atoms with Crippen LogP contribution in [0.3, 0.4) is 0 Å². The van der Waals surface area contributed by atoms with Crippen LogP contribution in [0.1, 0.15) is 40.0 Å². The van der Waals surface area contributed by atoms with Crippen molar-refractivity contribution in [1.82, 2.24) is 10.2 Å². The number of hydrogen-bond donors (Lipinski definition) is 1. The first-order valence-electron chi connectivity index (χ1n) is 6.92. The summed E-state index contributed by atoms with van der Waals surface area (Å²) in [4.78, 5) is 2.42. The first-order chi connectivity index (χ1) is 8.49. The Labute approximate surface area is 111 Å². The van der Waals surface area contributed by atoms with E-state index in [0.29, 0.717) is 6.04 Å². The van der Waals surface area contributed by atoms with Gasteiger partial charge in [-0.25, -0.2) is 0 Å². The van der Waals surface area contributed by atoms with Crippen LogP contribution >= 0.6 is 0 Å². The molecule has 0 bridgehead atoms. The lowest BCUT2D eigenvalue weighted by Crippen LogP contribution is -2.48. The van der Waals surface area contributed by atoms with E-state index in [1.54, 1.807) is 7.11 Å². The molecule has 18 heavy (non-hydrogen) atoms. The molecule has 1 aliphatic heterocycles. The number of likely N-dealkylation sites (tertiary alicyclic amines) is 1. The maximum atomic E-state index is 9.10. The molecule has 0 aliphatic carbocycles. The lowest BCUT2D eigenvalue weighted by atomic mass is 9.94. The van der Waals surface area contributed by atoms with Crippen molar-refractivity contribution in [2.75, 3.05) is 26.7 Å². The second-order valence-corrected chi connectivity index (χ2v) is 5.83. The zero-order valence-electron chi connectivity index (χ0n) is 12.2. The molecule has 4 nitrogen and oxygen atoms in total. The van der Waals surface area contributed by atoms with E-state index in [-0.39, 0.29) is 11.6 Å². The number of nitriles is 1. The minimum Gasteiger partial charge on any atom is -0.377 e. The molecule has 0 aromatic heterocycles. The van der Waals surface area contributed by atoms with Gasteiger partial charge in [0.2, 0.25) is 0 Å². The standard InChI is InChI=1S/C14H27N3O/c1-12(2)16-13(10-15)6-9-17-8-5-7-14(3,11-17)18-4/h12-13,16H,5-9,11H2,1-4H3. The van der Waals surface area contributed by atoms with Crippen LogP contribution in [0.25, 0.3) is 0 Å². The van der Waals surface area contributed by atoms with E-state index in [9.17, 15) is 0 Å². The molecule has 0 spiro atoms. The summed E-state index contributed by atoms with van der Waals surface area (Å²) in [5, 5.41) is 12.4. The largest absolute Gasteiger partial charge is 0.377 e. The number of hydrogen-bond acceptors (Lipinski definition) is 4. The summed E-state index contributed by atoms with van der Waals surface area (Å²) in [6, 6.07) is 2.66. The third-order valence-electron chi connectivity index (χ3n) is 3.66. The van der Waals surface area contributed by atoms with Gasteiger partial charge in [-0.1, -0.05) is 0 Å². The van der Waals surface area contributed by atoms with Gasteiger partial charge in [-0.3, -0.25) is 5.32 Å². The van der Waals surface area contributed by atoms with Crippen molar-refractivity contribution < 1.29 is 4.74 Å². The van der Waals surface area contributed by atoms with E-state index < -0.39 is 0 Å². The first kappa shape index (κ1) is 15.4. The fourth-order valence-corrected chi connectivity index (χ4v) is 2.56. The zero-order valence-corrected chi connectivity index (χ0v) is 12.2. The smallest absolute Gasteiger partial charge is 0.0967 e. The Kier molecular flexibility index (Phi) is 6.07. The summed E-state index contributed by atoms with van der Waals surface area (Å²) < 4.78 is 5.58. The van der Waals surface area contributed by atoms with Gasteiger partial charge in [0.05, 0.1) is 17.7 Å². The molecule has 0 amide bonds. The quantitative estimate of drug-likeness (QED) is 0.783. The molecule has 0 saturated carbocycles. The number of piperidine rings is 1. The normalized spacial score (nSPS) is 27.1. The third kappa shape index (κ3) is 4.93. The van der Waals surface area contributed by atoms with E-state index in [1.807, 2.05) is 0 Å². The lowest BCUT2D eigenvalue weighted by Gasteiger charge is -2.39. The van der Waals surface area contributed by atoms with Gasteiger partial charge in [0, 0.05) is 26.2 Å². The van der Waals surface area contributed by atoms with Crippen molar-refractivity contribution in [2.45, 2.75) is 57.7 Å².